The molecule has 2 fully saturated rings. The Balaban J connectivity index is 1.52. The Labute approximate surface area is 124 Å². The fraction of sp³-hybridized carbons (Fsp3) is 0.786. The van der Waals surface area contributed by atoms with E-state index in [-0.39, 0.29) is 11.9 Å². The van der Waals surface area contributed by atoms with Crippen molar-refractivity contribution >= 4 is 11.6 Å². The van der Waals surface area contributed by atoms with Gasteiger partial charge in [-0.3, -0.25) is 4.68 Å². The van der Waals surface area contributed by atoms with E-state index in [0.717, 1.165) is 50.3 Å². The predicted octanol–water partition coefficient (Wildman–Crippen LogP) is 2.58. The van der Waals surface area contributed by atoms with Crippen LogP contribution in [0.5, 0.6) is 0 Å². The first-order valence-corrected chi connectivity index (χ1v) is 7.55. The van der Waals surface area contributed by atoms with Crippen LogP contribution in [0.2, 0.25) is 5.02 Å². The fourth-order valence-electron chi connectivity index (χ4n) is 3.02. The van der Waals surface area contributed by atoms with Crippen molar-refractivity contribution in [1.29, 1.82) is 0 Å². The molecule has 3 rings (SSSR count). The number of rotatable bonds is 3. The van der Waals surface area contributed by atoms with Gasteiger partial charge < -0.3 is 14.2 Å². The average Bonchev–Trinajstić information content (AvgIpc) is 2.98. The molecule has 1 aliphatic heterocycles. The Morgan fingerprint density at radius 1 is 1.35 bits per heavy atom. The van der Waals surface area contributed by atoms with Crippen LogP contribution in [0.15, 0.2) is 0 Å². The second-order valence-electron chi connectivity index (χ2n) is 5.59. The second kappa shape index (κ2) is 5.64. The zero-order valence-electron chi connectivity index (χ0n) is 12.0. The van der Waals surface area contributed by atoms with E-state index in [0.29, 0.717) is 11.6 Å². The van der Waals surface area contributed by atoms with E-state index in [2.05, 4.69) is 5.10 Å². The van der Waals surface area contributed by atoms with Gasteiger partial charge in [-0.2, -0.15) is 5.10 Å². The summed E-state index contributed by atoms with van der Waals surface area (Å²) in [6, 6.07) is 0. The molecule has 1 aromatic heterocycles. The minimum atomic E-state index is -0.319. The summed E-state index contributed by atoms with van der Waals surface area (Å²) in [6.45, 7) is 3.85. The lowest BCUT2D eigenvalue weighted by Gasteiger charge is -2.35. The highest BCUT2D eigenvalue weighted by Crippen LogP contribution is 2.37. The summed E-state index contributed by atoms with van der Waals surface area (Å²) in [6.07, 6.45) is 4.01. The average molecular weight is 301 g/mol. The van der Waals surface area contributed by atoms with Gasteiger partial charge in [-0.25, -0.2) is 0 Å². The van der Waals surface area contributed by atoms with E-state index in [4.69, 9.17) is 25.8 Å². The summed E-state index contributed by atoms with van der Waals surface area (Å²) in [5.41, 5.74) is 1.79. The van der Waals surface area contributed by atoms with E-state index in [1.807, 2.05) is 14.0 Å². The molecule has 0 unspecified atom stereocenters. The Bertz CT molecular complexity index is 473. The van der Waals surface area contributed by atoms with Crippen LogP contribution in [0.1, 0.15) is 37.1 Å². The number of halogens is 1. The SMILES string of the molecule is Cc1nn(C)c(COC2CCC3(CC2)OCCO3)c1Cl. The number of ether oxygens (including phenoxy) is 3. The highest BCUT2D eigenvalue weighted by Gasteiger charge is 2.40. The first-order valence-electron chi connectivity index (χ1n) is 7.17. The molecular formula is C14H21ClN2O3. The standard InChI is InChI=1S/C14H21ClN2O3/c1-10-13(15)12(17(2)16-10)9-18-11-3-5-14(6-4-11)19-7-8-20-14/h11H,3-9H2,1-2H3. The van der Waals surface area contributed by atoms with E-state index in [9.17, 15) is 0 Å². The van der Waals surface area contributed by atoms with Gasteiger partial charge in [0.05, 0.1) is 42.3 Å². The van der Waals surface area contributed by atoms with Gasteiger partial charge in [-0.15, -0.1) is 0 Å². The van der Waals surface area contributed by atoms with E-state index in [1.54, 1.807) is 4.68 Å². The van der Waals surface area contributed by atoms with Crippen LogP contribution in [-0.2, 0) is 27.9 Å². The fourth-order valence-corrected chi connectivity index (χ4v) is 3.23. The van der Waals surface area contributed by atoms with Crippen LogP contribution >= 0.6 is 11.6 Å². The molecule has 1 aliphatic carbocycles. The number of aromatic nitrogens is 2. The van der Waals surface area contributed by atoms with Crippen molar-refractivity contribution in [1.82, 2.24) is 9.78 Å². The van der Waals surface area contributed by atoms with Crippen LogP contribution in [0.25, 0.3) is 0 Å². The number of nitrogens with zero attached hydrogens (tertiary/aromatic N) is 2. The van der Waals surface area contributed by atoms with Crippen molar-refractivity contribution < 1.29 is 14.2 Å². The van der Waals surface area contributed by atoms with Gasteiger partial charge in [0.25, 0.3) is 0 Å². The van der Waals surface area contributed by atoms with Crippen molar-refractivity contribution in [2.45, 2.75) is 51.1 Å². The highest BCUT2D eigenvalue weighted by atomic mass is 35.5. The van der Waals surface area contributed by atoms with Gasteiger partial charge in [0.1, 0.15) is 0 Å². The van der Waals surface area contributed by atoms with Crippen LogP contribution < -0.4 is 0 Å². The maximum Gasteiger partial charge on any atom is 0.168 e. The minimum Gasteiger partial charge on any atom is -0.372 e. The molecule has 1 saturated heterocycles. The number of hydrogen-bond acceptors (Lipinski definition) is 4. The Kier molecular flexibility index (Phi) is 4.04. The maximum atomic E-state index is 6.23. The van der Waals surface area contributed by atoms with E-state index in [1.165, 1.54) is 0 Å². The molecular weight excluding hydrogens is 280 g/mol. The van der Waals surface area contributed by atoms with Crippen LogP contribution in [-0.4, -0.2) is 34.9 Å². The lowest BCUT2D eigenvalue weighted by atomic mass is 9.92. The Morgan fingerprint density at radius 2 is 2.00 bits per heavy atom. The normalized spacial score (nSPS) is 22.8. The molecule has 1 saturated carbocycles. The molecule has 1 aromatic rings. The van der Waals surface area contributed by atoms with Gasteiger partial charge in [-0.05, 0) is 19.8 Å². The quantitative estimate of drug-likeness (QED) is 0.861. The number of hydrogen-bond donors (Lipinski definition) is 0. The van der Waals surface area contributed by atoms with Crippen molar-refractivity contribution in [2.75, 3.05) is 13.2 Å². The number of aryl methyl sites for hydroxylation is 2. The molecule has 2 heterocycles. The zero-order valence-corrected chi connectivity index (χ0v) is 12.8. The second-order valence-corrected chi connectivity index (χ2v) is 5.97. The maximum absolute atomic E-state index is 6.23. The van der Waals surface area contributed by atoms with Gasteiger partial charge in [0, 0.05) is 19.9 Å². The lowest BCUT2D eigenvalue weighted by molar-refractivity contribution is -0.192. The summed E-state index contributed by atoms with van der Waals surface area (Å²) in [7, 11) is 1.90. The molecule has 6 heteroatoms. The summed E-state index contributed by atoms with van der Waals surface area (Å²) in [4.78, 5) is 0. The van der Waals surface area contributed by atoms with E-state index >= 15 is 0 Å². The van der Waals surface area contributed by atoms with E-state index < -0.39 is 0 Å². The smallest absolute Gasteiger partial charge is 0.168 e. The third kappa shape index (κ3) is 2.72. The van der Waals surface area contributed by atoms with Crippen LogP contribution in [0.3, 0.4) is 0 Å². The van der Waals surface area contributed by atoms with Gasteiger partial charge in [-0.1, -0.05) is 11.6 Å². The molecule has 0 aromatic carbocycles. The lowest BCUT2D eigenvalue weighted by Crippen LogP contribution is -2.37. The van der Waals surface area contributed by atoms with Crippen LogP contribution in [0, 0.1) is 6.92 Å². The first-order chi connectivity index (χ1) is 9.60. The van der Waals surface area contributed by atoms with Crippen molar-refractivity contribution in [3.63, 3.8) is 0 Å². The predicted molar refractivity (Wildman–Crippen MR) is 74.6 cm³/mol. The molecule has 0 bridgehead atoms. The topological polar surface area (TPSA) is 45.5 Å². The third-order valence-electron chi connectivity index (χ3n) is 4.23. The molecule has 0 amide bonds. The molecule has 112 valence electrons. The van der Waals surface area contributed by atoms with Gasteiger partial charge >= 0.3 is 0 Å². The zero-order chi connectivity index (χ0) is 14.2. The molecule has 0 N–H and O–H groups in total. The van der Waals surface area contributed by atoms with Crippen molar-refractivity contribution in [2.24, 2.45) is 7.05 Å². The minimum absolute atomic E-state index is 0.250. The molecule has 0 atom stereocenters. The molecule has 1 spiro atoms. The highest BCUT2D eigenvalue weighted by molar-refractivity contribution is 6.31. The van der Waals surface area contributed by atoms with Crippen molar-refractivity contribution in [3.05, 3.63) is 16.4 Å². The summed E-state index contributed by atoms with van der Waals surface area (Å²) >= 11 is 6.23. The Morgan fingerprint density at radius 3 is 2.55 bits per heavy atom. The molecule has 20 heavy (non-hydrogen) atoms. The van der Waals surface area contributed by atoms with Gasteiger partial charge in [0.2, 0.25) is 0 Å². The summed E-state index contributed by atoms with van der Waals surface area (Å²) in [5.74, 6) is -0.319. The molecule has 2 aliphatic rings. The largest absolute Gasteiger partial charge is 0.372 e. The molecule has 5 nitrogen and oxygen atoms in total. The first kappa shape index (κ1) is 14.3. The monoisotopic (exact) mass is 300 g/mol. The van der Waals surface area contributed by atoms with Crippen LogP contribution in [0.4, 0.5) is 0 Å². The third-order valence-corrected chi connectivity index (χ3v) is 4.72. The Hall–Kier alpha value is -0.620. The molecule has 0 radical (unpaired) electrons. The summed E-state index contributed by atoms with van der Waals surface area (Å²) < 4.78 is 19.2. The van der Waals surface area contributed by atoms with Gasteiger partial charge in [0.15, 0.2) is 5.79 Å². The van der Waals surface area contributed by atoms with Crippen molar-refractivity contribution in [3.8, 4) is 0 Å². The summed E-state index contributed by atoms with van der Waals surface area (Å²) in [5, 5.41) is 5.01.